The van der Waals surface area contributed by atoms with Gasteiger partial charge in [0.05, 0.1) is 23.9 Å². The molecule has 40 heavy (non-hydrogen) atoms. The summed E-state index contributed by atoms with van der Waals surface area (Å²) in [5.74, 6) is -3.11. The highest BCUT2D eigenvalue weighted by Gasteiger charge is 2.65. The Morgan fingerprint density at radius 1 is 1.05 bits per heavy atom. The van der Waals surface area contributed by atoms with Gasteiger partial charge in [0.2, 0.25) is 0 Å². The van der Waals surface area contributed by atoms with Crippen LogP contribution in [0.4, 0.5) is 32.0 Å². The number of alkyl halides is 6. The molecule has 0 unspecified atom stereocenters. The molecule has 0 bridgehead atoms. The number of halogens is 6. The summed E-state index contributed by atoms with van der Waals surface area (Å²) >= 11 is 0. The zero-order chi connectivity index (χ0) is 29.7. The SMILES string of the molecule is COc1nc(C2(C(F)(F)F)CC2)cnc1Oc1nnc(C(F)(F)F)c(C)c1C(=O)Nc1cccc(S(C)(=O)=O)c1. The number of sulfone groups is 1. The number of nitrogens with one attached hydrogen (secondary N) is 1. The number of methoxy groups -OCH3 is 1. The minimum atomic E-state index is -5.02. The minimum Gasteiger partial charge on any atom is -0.477 e. The van der Waals surface area contributed by atoms with Crippen LogP contribution in [-0.4, -0.2) is 54.0 Å². The number of hydrogen-bond acceptors (Lipinski definition) is 9. The second kappa shape index (κ2) is 9.87. The molecule has 1 aliphatic rings. The van der Waals surface area contributed by atoms with Crippen molar-refractivity contribution in [1.82, 2.24) is 20.2 Å². The molecule has 0 atom stereocenters. The van der Waals surface area contributed by atoms with Crippen molar-refractivity contribution in [3.8, 4) is 17.6 Å². The van der Waals surface area contributed by atoms with Crippen molar-refractivity contribution in [3.05, 3.63) is 53.0 Å². The van der Waals surface area contributed by atoms with Crippen LogP contribution in [0.1, 0.15) is 40.2 Å². The third-order valence-electron chi connectivity index (χ3n) is 6.08. The van der Waals surface area contributed by atoms with Gasteiger partial charge in [-0.2, -0.15) is 26.3 Å². The predicted octanol–water partition coefficient (Wildman–Crippen LogP) is 4.64. The molecule has 1 amide bonds. The third-order valence-corrected chi connectivity index (χ3v) is 7.19. The van der Waals surface area contributed by atoms with E-state index in [1.807, 2.05) is 0 Å². The molecule has 0 aliphatic heterocycles. The Morgan fingerprint density at radius 3 is 2.27 bits per heavy atom. The number of hydrogen-bond donors (Lipinski definition) is 1. The molecule has 1 saturated carbocycles. The second-order valence-electron chi connectivity index (χ2n) is 8.86. The van der Waals surface area contributed by atoms with E-state index in [2.05, 4.69) is 25.5 Å². The highest BCUT2D eigenvalue weighted by molar-refractivity contribution is 7.90. The van der Waals surface area contributed by atoms with E-state index in [1.165, 1.54) is 18.2 Å². The molecule has 1 aromatic carbocycles. The highest BCUT2D eigenvalue weighted by Crippen LogP contribution is 2.58. The van der Waals surface area contributed by atoms with Gasteiger partial charge < -0.3 is 14.8 Å². The maximum absolute atomic E-state index is 13.6. The van der Waals surface area contributed by atoms with Gasteiger partial charge in [-0.3, -0.25) is 4.79 Å². The standard InChI is InChI=1S/C23H19F6N5O5S/c1-11-15(17(35)31-12-5-4-6-13(9-12)40(3,36)37)18(34-33-16(11)22(24,25)26)39-19-20(38-2)32-14(10-30-19)21(7-8-21)23(27,28)29/h4-6,9-10H,7-8H2,1-3H3,(H,31,35). The van der Waals surface area contributed by atoms with Crippen molar-refractivity contribution in [2.75, 3.05) is 18.7 Å². The second-order valence-corrected chi connectivity index (χ2v) is 10.9. The lowest BCUT2D eigenvalue weighted by Gasteiger charge is -2.19. The minimum absolute atomic E-state index is 0.0766. The fourth-order valence-electron chi connectivity index (χ4n) is 3.80. The quantitative estimate of drug-likeness (QED) is 0.390. The van der Waals surface area contributed by atoms with Gasteiger partial charge in [0.1, 0.15) is 11.0 Å². The molecule has 214 valence electrons. The first kappa shape index (κ1) is 29.0. The summed E-state index contributed by atoms with van der Waals surface area (Å²) in [6.45, 7) is 0.929. The molecular formula is C23H19F6N5O5S. The average Bonchev–Trinajstić information content (AvgIpc) is 3.65. The van der Waals surface area contributed by atoms with Crippen LogP contribution in [0.5, 0.6) is 17.6 Å². The van der Waals surface area contributed by atoms with Crippen molar-refractivity contribution in [3.63, 3.8) is 0 Å². The monoisotopic (exact) mass is 591 g/mol. The molecule has 1 N–H and O–H groups in total. The van der Waals surface area contributed by atoms with Crippen molar-refractivity contribution in [1.29, 1.82) is 0 Å². The van der Waals surface area contributed by atoms with E-state index in [1.54, 1.807) is 0 Å². The Bertz CT molecular complexity index is 1590. The van der Waals surface area contributed by atoms with E-state index in [9.17, 15) is 39.6 Å². The van der Waals surface area contributed by atoms with Gasteiger partial charge in [-0.05, 0) is 43.5 Å². The molecule has 10 nitrogen and oxygen atoms in total. The number of nitrogens with zero attached hydrogens (tertiary/aromatic N) is 4. The van der Waals surface area contributed by atoms with Crippen LogP contribution in [0.2, 0.25) is 0 Å². The number of benzene rings is 1. The van der Waals surface area contributed by atoms with E-state index in [0.29, 0.717) is 0 Å². The zero-order valence-electron chi connectivity index (χ0n) is 20.8. The molecule has 17 heteroatoms. The third kappa shape index (κ3) is 5.50. The molecule has 2 aromatic heterocycles. The van der Waals surface area contributed by atoms with Crippen molar-refractivity contribution in [2.45, 2.75) is 42.4 Å². The van der Waals surface area contributed by atoms with Crippen LogP contribution in [0.15, 0.2) is 35.4 Å². The number of aromatic nitrogens is 4. The van der Waals surface area contributed by atoms with E-state index in [4.69, 9.17) is 9.47 Å². The first-order valence-electron chi connectivity index (χ1n) is 11.2. The normalized spacial score (nSPS) is 14.9. The lowest BCUT2D eigenvalue weighted by molar-refractivity contribution is -0.161. The Hall–Kier alpha value is -4.02. The summed E-state index contributed by atoms with van der Waals surface area (Å²) in [6.07, 6.45) is -8.35. The summed E-state index contributed by atoms with van der Waals surface area (Å²) in [4.78, 5) is 20.6. The fourth-order valence-corrected chi connectivity index (χ4v) is 4.47. The summed E-state index contributed by atoms with van der Waals surface area (Å²) in [6, 6.07) is 4.94. The molecule has 4 rings (SSSR count). The van der Waals surface area contributed by atoms with Crippen LogP contribution in [0.3, 0.4) is 0 Å². The van der Waals surface area contributed by atoms with Gasteiger partial charge >= 0.3 is 12.4 Å². The Morgan fingerprint density at radius 2 is 1.73 bits per heavy atom. The molecular weight excluding hydrogens is 572 g/mol. The molecule has 0 spiro atoms. The number of amides is 1. The van der Waals surface area contributed by atoms with Crippen molar-refractivity contribution in [2.24, 2.45) is 0 Å². The maximum Gasteiger partial charge on any atom is 0.435 e. The van der Waals surface area contributed by atoms with Gasteiger partial charge in [-0.25, -0.2) is 18.4 Å². The summed E-state index contributed by atoms with van der Waals surface area (Å²) in [7, 11) is -2.63. The van der Waals surface area contributed by atoms with Crippen LogP contribution in [0, 0.1) is 6.92 Å². The van der Waals surface area contributed by atoms with Gasteiger partial charge in [-0.15, -0.1) is 10.2 Å². The Kier molecular flexibility index (Phi) is 7.15. The van der Waals surface area contributed by atoms with Gasteiger partial charge in [-0.1, -0.05) is 6.07 Å². The molecule has 0 radical (unpaired) electrons. The van der Waals surface area contributed by atoms with Crippen LogP contribution in [-0.2, 0) is 21.4 Å². The first-order chi connectivity index (χ1) is 18.5. The summed E-state index contributed by atoms with van der Waals surface area (Å²) in [5.41, 5.74) is -5.69. The van der Waals surface area contributed by atoms with Crippen LogP contribution >= 0.6 is 0 Å². The summed E-state index contributed by atoms with van der Waals surface area (Å²) in [5, 5.41) is 8.75. The van der Waals surface area contributed by atoms with Crippen LogP contribution in [0.25, 0.3) is 0 Å². The first-order valence-corrected chi connectivity index (χ1v) is 13.1. The van der Waals surface area contributed by atoms with Crippen molar-refractivity contribution >= 4 is 21.4 Å². The highest BCUT2D eigenvalue weighted by atomic mass is 32.2. The van der Waals surface area contributed by atoms with Gasteiger partial charge in [0, 0.05) is 11.9 Å². The van der Waals surface area contributed by atoms with Gasteiger partial charge in [0.15, 0.2) is 15.5 Å². The predicted molar refractivity (Wildman–Crippen MR) is 125 cm³/mol. The number of carbonyl (C=O) groups excluding carboxylic acids is 1. The number of anilines is 1. The number of ether oxygens (including phenoxy) is 2. The lowest BCUT2D eigenvalue weighted by atomic mass is 10.0. The van der Waals surface area contributed by atoms with Crippen LogP contribution < -0.4 is 14.8 Å². The average molecular weight is 591 g/mol. The maximum atomic E-state index is 13.6. The van der Waals surface area contributed by atoms with Crippen molar-refractivity contribution < 1.29 is 49.0 Å². The number of rotatable bonds is 7. The smallest absolute Gasteiger partial charge is 0.435 e. The molecule has 3 aromatic rings. The lowest BCUT2D eigenvalue weighted by Crippen LogP contribution is -2.30. The molecule has 0 saturated heterocycles. The van der Waals surface area contributed by atoms with E-state index >= 15 is 0 Å². The topological polar surface area (TPSA) is 133 Å². The van der Waals surface area contributed by atoms with E-state index in [-0.39, 0.29) is 23.4 Å². The fraction of sp³-hybridized carbons (Fsp3) is 0.348. The Labute approximate surface area is 222 Å². The van der Waals surface area contributed by atoms with E-state index in [0.717, 1.165) is 32.6 Å². The molecule has 1 fully saturated rings. The zero-order valence-corrected chi connectivity index (χ0v) is 21.6. The number of carbonyl (C=O) groups is 1. The van der Waals surface area contributed by atoms with E-state index < -0.39 is 73.7 Å². The Balaban J connectivity index is 1.76. The van der Waals surface area contributed by atoms with Gasteiger partial charge in [0.25, 0.3) is 23.5 Å². The molecule has 1 aliphatic carbocycles. The largest absolute Gasteiger partial charge is 0.477 e. The molecule has 2 heterocycles. The summed E-state index contributed by atoms with van der Waals surface area (Å²) < 4.78 is 115.